The Balaban J connectivity index is 1.86. The summed E-state index contributed by atoms with van der Waals surface area (Å²) in [6, 6.07) is 12.5. The molecule has 0 aromatic heterocycles. The van der Waals surface area contributed by atoms with E-state index in [-0.39, 0.29) is 30.5 Å². The van der Waals surface area contributed by atoms with Crippen molar-refractivity contribution in [2.24, 2.45) is 0 Å². The molecule has 0 aliphatic heterocycles. The standard InChI is InChI=1S/C19H21F2NO2/c20-16-9-10-17(21)15(13-16)7-4-8-19(24)22-18(11-12-23)14-5-2-1-3-6-14/h1-3,5-6,9-10,13,18,23H,4,7-8,11-12H2,(H,22,24). The number of halogens is 2. The molecule has 2 aromatic carbocycles. The van der Waals surface area contributed by atoms with Gasteiger partial charge in [0.2, 0.25) is 5.91 Å². The summed E-state index contributed by atoms with van der Waals surface area (Å²) in [7, 11) is 0. The van der Waals surface area contributed by atoms with Gasteiger partial charge >= 0.3 is 0 Å². The Bertz CT molecular complexity index is 662. The molecular formula is C19H21F2NO2. The molecule has 0 spiro atoms. The third-order valence-electron chi connectivity index (χ3n) is 3.81. The van der Waals surface area contributed by atoms with Gasteiger partial charge in [-0.2, -0.15) is 0 Å². The van der Waals surface area contributed by atoms with Gasteiger partial charge in [-0.25, -0.2) is 8.78 Å². The van der Waals surface area contributed by atoms with Crippen LogP contribution in [0.1, 0.15) is 36.4 Å². The summed E-state index contributed by atoms with van der Waals surface area (Å²) < 4.78 is 26.6. The van der Waals surface area contributed by atoms with Crippen LogP contribution in [0.25, 0.3) is 0 Å². The van der Waals surface area contributed by atoms with Crippen LogP contribution in [-0.2, 0) is 11.2 Å². The second kappa shape index (κ2) is 9.13. The van der Waals surface area contributed by atoms with Gasteiger partial charge in [-0.3, -0.25) is 4.79 Å². The first-order chi connectivity index (χ1) is 11.6. The largest absolute Gasteiger partial charge is 0.396 e. The molecule has 2 aromatic rings. The molecule has 5 heteroatoms. The van der Waals surface area contributed by atoms with Gasteiger partial charge in [0.25, 0.3) is 0 Å². The SMILES string of the molecule is O=C(CCCc1cc(F)ccc1F)NC(CCO)c1ccccc1. The zero-order valence-corrected chi connectivity index (χ0v) is 13.3. The van der Waals surface area contributed by atoms with Crippen molar-refractivity contribution < 1.29 is 18.7 Å². The number of carbonyl (C=O) groups excluding carboxylic acids is 1. The van der Waals surface area contributed by atoms with Crippen LogP contribution in [-0.4, -0.2) is 17.6 Å². The molecule has 1 atom stereocenters. The van der Waals surface area contributed by atoms with E-state index in [4.69, 9.17) is 5.11 Å². The molecule has 1 unspecified atom stereocenters. The molecule has 0 aliphatic rings. The zero-order valence-electron chi connectivity index (χ0n) is 13.3. The van der Waals surface area contributed by atoms with Crippen LogP contribution >= 0.6 is 0 Å². The van der Waals surface area contributed by atoms with Gasteiger partial charge in [-0.1, -0.05) is 30.3 Å². The number of rotatable bonds is 8. The highest BCUT2D eigenvalue weighted by atomic mass is 19.1. The van der Waals surface area contributed by atoms with Crippen LogP contribution in [0.5, 0.6) is 0 Å². The van der Waals surface area contributed by atoms with Crippen LogP contribution in [0.3, 0.4) is 0 Å². The summed E-state index contributed by atoms with van der Waals surface area (Å²) >= 11 is 0. The summed E-state index contributed by atoms with van der Waals surface area (Å²) in [6.07, 6.45) is 1.36. The summed E-state index contributed by atoms with van der Waals surface area (Å²) in [6.45, 7) is -0.0334. The predicted octanol–water partition coefficient (Wildman–Crippen LogP) is 3.53. The Hall–Kier alpha value is -2.27. The van der Waals surface area contributed by atoms with Crippen molar-refractivity contribution in [3.63, 3.8) is 0 Å². The Morgan fingerprint density at radius 1 is 1.12 bits per heavy atom. The molecule has 0 bridgehead atoms. The van der Waals surface area contributed by atoms with Gasteiger partial charge in [0, 0.05) is 13.0 Å². The summed E-state index contributed by atoms with van der Waals surface area (Å²) in [5.74, 6) is -1.11. The number of hydrogen-bond donors (Lipinski definition) is 2. The van der Waals surface area contributed by atoms with Crippen molar-refractivity contribution in [2.75, 3.05) is 6.61 Å². The number of aryl methyl sites for hydroxylation is 1. The predicted molar refractivity (Wildman–Crippen MR) is 88.3 cm³/mol. The Morgan fingerprint density at radius 3 is 2.58 bits per heavy atom. The maximum atomic E-state index is 13.5. The summed E-state index contributed by atoms with van der Waals surface area (Å²) in [5.41, 5.74) is 1.20. The number of amides is 1. The molecular weight excluding hydrogens is 312 g/mol. The van der Waals surface area contributed by atoms with Crippen molar-refractivity contribution in [3.8, 4) is 0 Å². The van der Waals surface area contributed by atoms with Gasteiger partial charge in [0.05, 0.1) is 6.04 Å². The van der Waals surface area contributed by atoms with E-state index in [9.17, 15) is 13.6 Å². The van der Waals surface area contributed by atoms with Crippen molar-refractivity contribution >= 4 is 5.91 Å². The van der Waals surface area contributed by atoms with E-state index in [1.54, 1.807) is 0 Å². The van der Waals surface area contributed by atoms with Gasteiger partial charge in [-0.15, -0.1) is 0 Å². The molecule has 0 radical (unpaired) electrons. The minimum Gasteiger partial charge on any atom is -0.396 e. The fraction of sp³-hybridized carbons (Fsp3) is 0.316. The second-order valence-electron chi connectivity index (χ2n) is 5.63. The summed E-state index contributed by atoms with van der Waals surface area (Å²) in [4.78, 5) is 12.1. The molecule has 2 N–H and O–H groups in total. The highest BCUT2D eigenvalue weighted by Gasteiger charge is 2.14. The number of carbonyl (C=O) groups is 1. The first-order valence-corrected chi connectivity index (χ1v) is 7.99. The van der Waals surface area contributed by atoms with Gasteiger partial charge in [-0.05, 0) is 48.6 Å². The molecule has 0 heterocycles. The zero-order chi connectivity index (χ0) is 17.4. The van der Waals surface area contributed by atoms with Crippen molar-refractivity contribution in [3.05, 3.63) is 71.3 Å². The quantitative estimate of drug-likeness (QED) is 0.776. The monoisotopic (exact) mass is 333 g/mol. The van der Waals surface area contributed by atoms with Crippen LogP contribution in [0.2, 0.25) is 0 Å². The van der Waals surface area contributed by atoms with E-state index < -0.39 is 11.6 Å². The fourth-order valence-corrected chi connectivity index (χ4v) is 2.58. The number of aliphatic hydroxyl groups is 1. The van der Waals surface area contributed by atoms with E-state index in [0.29, 0.717) is 19.3 Å². The maximum Gasteiger partial charge on any atom is 0.220 e. The van der Waals surface area contributed by atoms with E-state index in [1.165, 1.54) is 0 Å². The lowest BCUT2D eigenvalue weighted by Crippen LogP contribution is -2.29. The maximum absolute atomic E-state index is 13.5. The average molecular weight is 333 g/mol. The van der Waals surface area contributed by atoms with Crippen molar-refractivity contribution in [2.45, 2.75) is 31.7 Å². The van der Waals surface area contributed by atoms with E-state index >= 15 is 0 Å². The van der Waals surface area contributed by atoms with Gasteiger partial charge in [0.1, 0.15) is 11.6 Å². The molecule has 24 heavy (non-hydrogen) atoms. The third kappa shape index (κ3) is 5.42. The minimum absolute atomic E-state index is 0.0334. The smallest absolute Gasteiger partial charge is 0.220 e. The molecule has 0 saturated carbocycles. The van der Waals surface area contributed by atoms with E-state index in [2.05, 4.69) is 5.32 Å². The molecule has 2 rings (SSSR count). The number of nitrogens with one attached hydrogen (secondary N) is 1. The first kappa shape index (κ1) is 18.1. The molecule has 0 aliphatic carbocycles. The lowest BCUT2D eigenvalue weighted by molar-refractivity contribution is -0.122. The van der Waals surface area contributed by atoms with Crippen LogP contribution in [0.15, 0.2) is 48.5 Å². The lowest BCUT2D eigenvalue weighted by Gasteiger charge is -2.18. The number of benzene rings is 2. The normalized spacial score (nSPS) is 12.0. The molecule has 0 saturated heterocycles. The molecule has 3 nitrogen and oxygen atoms in total. The highest BCUT2D eigenvalue weighted by molar-refractivity contribution is 5.76. The fourth-order valence-electron chi connectivity index (χ4n) is 2.58. The topological polar surface area (TPSA) is 49.3 Å². The Morgan fingerprint density at radius 2 is 1.88 bits per heavy atom. The van der Waals surface area contributed by atoms with Gasteiger partial charge in [0.15, 0.2) is 0 Å². The Labute approximate surface area is 140 Å². The molecule has 128 valence electrons. The number of hydrogen-bond acceptors (Lipinski definition) is 2. The van der Waals surface area contributed by atoms with Crippen molar-refractivity contribution in [1.29, 1.82) is 0 Å². The van der Waals surface area contributed by atoms with Crippen LogP contribution in [0.4, 0.5) is 8.78 Å². The van der Waals surface area contributed by atoms with Crippen LogP contribution in [0, 0.1) is 11.6 Å². The lowest BCUT2D eigenvalue weighted by atomic mass is 10.0. The second-order valence-corrected chi connectivity index (χ2v) is 5.63. The molecule has 0 fully saturated rings. The Kier molecular flexibility index (Phi) is 6.88. The minimum atomic E-state index is -0.483. The molecule has 1 amide bonds. The van der Waals surface area contributed by atoms with Crippen molar-refractivity contribution in [1.82, 2.24) is 5.32 Å². The first-order valence-electron chi connectivity index (χ1n) is 7.99. The third-order valence-corrected chi connectivity index (χ3v) is 3.81. The average Bonchev–Trinajstić information content (AvgIpc) is 2.58. The highest BCUT2D eigenvalue weighted by Crippen LogP contribution is 2.17. The van der Waals surface area contributed by atoms with Crippen LogP contribution < -0.4 is 5.32 Å². The van der Waals surface area contributed by atoms with Gasteiger partial charge < -0.3 is 10.4 Å². The summed E-state index contributed by atoms with van der Waals surface area (Å²) in [5, 5.41) is 12.0. The van der Waals surface area contributed by atoms with E-state index in [1.807, 2.05) is 30.3 Å². The van der Waals surface area contributed by atoms with E-state index in [0.717, 1.165) is 23.8 Å². The number of aliphatic hydroxyl groups excluding tert-OH is 1.